The number of sulfonamides is 1. The standard InChI is InChI=1S/C17H27N3O3S/c1-5-11-18-17(21)15-9-8-10-16(12-15)24(22,23)19-13-14(4)20(6-2)7-3/h5,8-10,12,14,19H,1,6-7,11,13H2,2-4H3,(H,18,21). The Morgan fingerprint density at radius 1 is 1.33 bits per heavy atom. The average molecular weight is 353 g/mol. The lowest BCUT2D eigenvalue weighted by molar-refractivity contribution is 0.0958. The summed E-state index contributed by atoms with van der Waals surface area (Å²) in [5, 5.41) is 2.63. The molecule has 1 aromatic carbocycles. The number of likely N-dealkylation sites (N-methyl/N-ethyl adjacent to an activating group) is 1. The number of carbonyl (C=O) groups is 1. The van der Waals surface area contributed by atoms with Gasteiger partial charge in [0.15, 0.2) is 0 Å². The van der Waals surface area contributed by atoms with Gasteiger partial charge in [0.2, 0.25) is 10.0 Å². The van der Waals surface area contributed by atoms with Gasteiger partial charge in [-0.3, -0.25) is 9.69 Å². The first kappa shape index (κ1) is 20.3. The van der Waals surface area contributed by atoms with E-state index in [-0.39, 0.29) is 16.8 Å². The van der Waals surface area contributed by atoms with E-state index in [1.165, 1.54) is 12.1 Å². The van der Waals surface area contributed by atoms with Crippen LogP contribution in [0.25, 0.3) is 0 Å². The van der Waals surface area contributed by atoms with E-state index in [4.69, 9.17) is 0 Å². The van der Waals surface area contributed by atoms with Gasteiger partial charge >= 0.3 is 0 Å². The molecule has 1 aromatic rings. The minimum absolute atomic E-state index is 0.0838. The van der Waals surface area contributed by atoms with Crippen LogP contribution in [-0.4, -0.2) is 51.4 Å². The Morgan fingerprint density at radius 2 is 2.00 bits per heavy atom. The second-order valence-corrected chi connectivity index (χ2v) is 7.22. The molecular formula is C17H27N3O3S. The fourth-order valence-electron chi connectivity index (χ4n) is 2.36. The highest BCUT2D eigenvalue weighted by Crippen LogP contribution is 2.12. The second kappa shape index (κ2) is 9.56. The van der Waals surface area contributed by atoms with Gasteiger partial charge < -0.3 is 5.32 Å². The van der Waals surface area contributed by atoms with Gasteiger partial charge in [0, 0.05) is 24.7 Å². The molecule has 0 heterocycles. The molecule has 1 rings (SSSR count). The summed E-state index contributed by atoms with van der Waals surface area (Å²) < 4.78 is 27.5. The maximum Gasteiger partial charge on any atom is 0.251 e. The van der Waals surface area contributed by atoms with Crippen LogP contribution in [0.2, 0.25) is 0 Å². The minimum Gasteiger partial charge on any atom is -0.349 e. The summed E-state index contributed by atoms with van der Waals surface area (Å²) in [6.07, 6.45) is 1.56. The van der Waals surface area contributed by atoms with Gasteiger partial charge in [-0.1, -0.05) is 26.0 Å². The Hall–Kier alpha value is -1.70. The van der Waals surface area contributed by atoms with E-state index in [0.717, 1.165) is 13.1 Å². The van der Waals surface area contributed by atoms with E-state index in [1.54, 1.807) is 18.2 Å². The molecule has 1 unspecified atom stereocenters. The van der Waals surface area contributed by atoms with Gasteiger partial charge in [0.25, 0.3) is 5.91 Å². The third-order valence-electron chi connectivity index (χ3n) is 3.82. The molecule has 0 saturated carbocycles. The molecule has 0 aliphatic carbocycles. The number of amides is 1. The van der Waals surface area contributed by atoms with E-state index in [1.807, 2.05) is 20.8 Å². The lowest BCUT2D eigenvalue weighted by atomic mass is 10.2. The lowest BCUT2D eigenvalue weighted by Gasteiger charge is -2.26. The average Bonchev–Trinajstić information content (AvgIpc) is 2.59. The Balaban J connectivity index is 2.83. The highest BCUT2D eigenvalue weighted by molar-refractivity contribution is 7.89. The predicted molar refractivity (Wildman–Crippen MR) is 96.5 cm³/mol. The van der Waals surface area contributed by atoms with Crippen molar-refractivity contribution in [1.82, 2.24) is 14.9 Å². The molecule has 0 saturated heterocycles. The van der Waals surface area contributed by atoms with Crippen LogP contribution in [0.15, 0.2) is 41.8 Å². The van der Waals surface area contributed by atoms with Crippen molar-refractivity contribution >= 4 is 15.9 Å². The van der Waals surface area contributed by atoms with Crippen LogP contribution in [0.1, 0.15) is 31.1 Å². The summed E-state index contributed by atoms with van der Waals surface area (Å²) in [6, 6.07) is 6.09. The van der Waals surface area contributed by atoms with Crippen LogP contribution in [0.3, 0.4) is 0 Å². The molecule has 134 valence electrons. The normalized spacial score (nSPS) is 12.8. The van der Waals surface area contributed by atoms with Crippen molar-refractivity contribution in [2.24, 2.45) is 0 Å². The number of hydrogen-bond acceptors (Lipinski definition) is 4. The van der Waals surface area contributed by atoms with Gasteiger partial charge in [-0.05, 0) is 38.2 Å². The van der Waals surface area contributed by atoms with E-state index in [9.17, 15) is 13.2 Å². The third-order valence-corrected chi connectivity index (χ3v) is 5.24. The summed E-state index contributed by atoms with van der Waals surface area (Å²) in [4.78, 5) is 14.2. The zero-order chi connectivity index (χ0) is 18.2. The van der Waals surface area contributed by atoms with Crippen LogP contribution in [0, 0.1) is 0 Å². The molecule has 0 aliphatic heterocycles. The largest absolute Gasteiger partial charge is 0.349 e. The molecule has 0 spiro atoms. The summed E-state index contributed by atoms with van der Waals surface area (Å²) in [7, 11) is -3.66. The first-order valence-electron chi connectivity index (χ1n) is 8.08. The summed E-state index contributed by atoms with van der Waals surface area (Å²) in [6.45, 7) is 12.0. The Bertz CT molecular complexity index is 655. The zero-order valence-corrected chi connectivity index (χ0v) is 15.4. The van der Waals surface area contributed by atoms with Gasteiger partial charge in [-0.2, -0.15) is 0 Å². The van der Waals surface area contributed by atoms with Crippen molar-refractivity contribution < 1.29 is 13.2 Å². The number of benzene rings is 1. The van der Waals surface area contributed by atoms with E-state index in [0.29, 0.717) is 18.7 Å². The van der Waals surface area contributed by atoms with Crippen LogP contribution < -0.4 is 10.0 Å². The molecule has 0 bridgehead atoms. The van der Waals surface area contributed by atoms with Crippen LogP contribution in [-0.2, 0) is 10.0 Å². The summed E-state index contributed by atoms with van der Waals surface area (Å²) in [5.74, 6) is -0.330. The molecule has 0 fully saturated rings. The minimum atomic E-state index is -3.66. The molecule has 1 amide bonds. The van der Waals surface area contributed by atoms with Crippen molar-refractivity contribution in [3.8, 4) is 0 Å². The Labute approximate surface area is 145 Å². The van der Waals surface area contributed by atoms with Gasteiger partial charge in [-0.15, -0.1) is 6.58 Å². The second-order valence-electron chi connectivity index (χ2n) is 5.45. The maximum absolute atomic E-state index is 12.4. The van der Waals surface area contributed by atoms with Crippen molar-refractivity contribution in [1.29, 1.82) is 0 Å². The molecule has 1 atom stereocenters. The van der Waals surface area contributed by atoms with Crippen molar-refractivity contribution in [3.63, 3.8) is 0 Å². The molecule has 0 aromatic heterocycles. The first-order chi connectivity index (χ1) is 11.4. The summed E-state index contributed by atoms with van der Waals surface area (Å²) >= 11 is 0. The van der Waals surface area contributed by atoms with Crippen molar-refractivity contribution in [2.75, 3.05) is 26.2 Å². The van der Waals surface area contributed by atoms with Crippen LogP contribution >= 0.6 is 0 Å². The fraction of sp³-hybridized carbons (Fsp3) is 0.471. The number of rotatable bonds is 10. The SMILES string of the molecule is C=CCNC(=O)c1cccc(S(=O)(=O)NCC(C)N(CC)CC)c1. The summed E-state index contributed by atoms with van der Waals surface area (Å²) in [5.41, 5.74) is 0.302. The first-order valence-corrected chi connectivity index (χ1v) is 9.56. The quantitative estimate of drug-likeness (QED) is 0.627. The number of carbonyl (C=O) groups excluding carboxylic acids is 1. The highest BCUT2D eigenvalue weighted by atomic mass is 32.2. The molecule has 2 N–H and O–H groups in total. The van der Waals surface area contributed by atoms with Gasteiger partial charge in [0.1, 0.15) is 0 Å². The fourth-order valence-corrected chi connectivity index (χ4v) is 3.53. The molecule has 0 aliphatic rings. The molecule has 0 radical (unpaired) electrons. The van der Waals surface area contributed by atoms with E-state index < -0.39 is 10.0 Å². The smallest absolute Gasteiger partial charge is 0.251 e. The molecule has 7 heteroatoms. The zero-order valence-electron chi connectivity index (χ0n) is 14.6. The topological polar surface area (TPSA) is 78.5 Å². The monoisotopic (exact) mass is 353 g/mol. The van der Waals surface area contributed by atoms with E-state index >= 15 is 0 Å². The Kier molecular flexibility index (Phi) is 8.10. The van der Waals surface area contributed by atoms with Crippen LogP contribution in [0.4, 0.5) is 0 Å². The van der Waals surface area contributed by atoms with Crippen LogP contribution in [0.5, 0.6) is 0 Å². The molecule has 24 heavy (non-hydrogen) atoms. The highest BCUT2D eigenvalue weighted by Gasteiger charge is 2.18. The number of nitrogens with one attached hydrogen (secondary N) is 2. The number of hydrogen-bond donors (Lipinski definition) is 2. The third kappa shape index (κ3) is 5.74. The van der Waals surface area contributed by atoms with Gasteiger partial charge in [0.05, 0.1) is 4.90 Å². The predicted octanol–water partition coefficient (Wildman–Crippen LogP) is 1.61. The van der Waals surface area contributed by atoms with Crippen molar-refractivity contribution in [3.05, 3.63) is 42.5 Å². The maximum atomic E-state index is 12.4. The number of nitrogens with zero attached hydrogens (tertiary/aromatic N) is 1. The molecule has 6 nitrogen and oxygen atoms in total. The van der Waals surface area contributed by atoms with E-state index in [2.05, 4.69) is 21.5 Å². The Morgan fingerprint density at radius 3 is 2.58 bits per heavy atom. The molecular weight excluding hydrogens is 326 g/mol. The van der Waals surface area contributed by atoms with Gasteiger partial charge in [-0.25, -0.2) is 13.1 Å². The lowest BCUT2D eigenvalue weighted by Crippen LogP contribution is -2.42. The van der Waals surface area contributed by atoms with Crippen molar-refractivity contribution in [2.45, 2.75) is 31.7 Å².